The summed E-state index contributed by atoms with van der Waals surface area (Å²) >= 11 is 5.71. The van der Waals surface area contributed by atoms with Crippen LogP contribution in [0, 0.1) is 10.1 Å². The van der Waals surface area contributed by atoms with Gasteiger partial charge in [0.25, 0.3) is 5.69 Å². The second kappa shape index (κ2) is 4.11. The molecule has 2 N–H and O–H groups in total. The fourth-order valence-electron chi connectivity index (χ4n) is 1.64. The number of carbonyl (C=O) groups excluding carboxylic acids is 1. The Hall–Kier alpha value is -1.86. The van der Waals surface area contributed by atoms with Crippen molar-refractivity contribution in [2.75, 3.05) is 5.01 Å². The number of nitrogens with one attached hydrogen (secondary N) is 2. The van der Waals surface area contributed by atoms with Crippen LogP contribution in [0.25, 0.3) is 0 Å². The van der Waals surface area contributed by atoms with Crippen molar-refractivity contribution in [1.29, 1.82) is 0 Å². The van der Waals surface area contributed by atoms with Gasteiger partial charge < -0.3 is 5.32 Å². The number of rotatable bonds is 2. The van der Waals surface area contributed by atoms with E-state index in [1.165, 1.54) is 23.2 Å². The van der Waals surface area contributed by atoms with Gasteiger partial charge in [-0.2, -0.15) is 0 Å². The highest BCUT2D eigenvalue weighted by Crippen LogP contribution is 2.30. The van der Waals surface area contributed by atoms with Gasteiger partial charge in [0, 0.05) is 6.07 Å². The van der Waals surface area contributed by atoms with Crippen molar-refractivity contribution in [3.63, 3.8) is 0 Å². The Morgan fingerprint density at radius 1 is 1.44 bits per heavy atom. The van der Waals surface area contributed by atoms with E-state index >= 15 is 0 Å². The zero-order valence-corrected chi connectivity index (χ0v) is 10.5. The van der Waals surface area contributed by atoms with E-state index in [0.717, 1.165) is 0 Å². The largest absolute Gasteiger partial charge is 0.338 e. The number of nitrogens with zero attached hydrogens (tertiary/aromatic N) is 2. The normalized spacial score (nSPS) is 17.7. The van der Waals surface area contributed by atoms with Crippen LogP contribution < -0.4 is 15.8 Å². The molecule has 2 amide bonds. The first-order valence-corrected chi connectivity index (χ1v) is 5.52. The summed E-state index contributed by atoms with van der Waals surface area (Å²) < 4.78 is 0. The van der Waals surface area contributed by atoms with Crippen molar-refractivity contribution >= 4 is 29.0 Å². The first-order valence-electron chi connectivity index (χ1n) is 5.14. The van der Waals surface area contributed by atoms with Crippen molar-refractivity contribution in [2.24, 2.45) is 0 Å². The van der Waals surface area contributed by atoms with Gasteiger partial charge in [-0.1, -0.05) is 11.6 Å². The molecular formula is C10H11ClN4O3. The van der Waals surface area contributed by atoms with E-state index in [1.807, 2.05) is 0 Å². The Morgan fingerprint density at radius 3 is 2.61 bits per heavy atom. The topological polar surface area (TPSA) is 87.5 Å². The first kappa shape index (κ1) is 12.6. The fourth-order valence-corrected chi connectivity index (χ4v) is 1.83. The number of hydrazine groups is 1. The first-order chi connectivity index (χ1) is 8.30. The second-order valence-electron chi connectivity index (χ2n) is 4.40. The van der Waals surface area contributed by atoms with E-state index in [9.17, 15) is 14.9 Å². The number of nitro benzene ring substituents is 1. The molecule has 0 atom stereocenters. The third kappa shape index (κ3) is 2.22. The Kier molecular flexibility index (Phi) is 2.88. The maximum Gasteiger partial charge on any atom is 0.338 e. The standard InChI is InChI=1S/C10H11ClN4O3/c1-10(2)12-9(16)14(13-10)6-3-4-7(11)8(5-6)15(17)18/h3-5,13H,1-2H3,(H,12,16). The molecule has 0 saturated carbocycles. The van der Waals surface area contributed by atoms with Gasteiger partial charge in [-0.3, -0.25) is 10.1 Å². The lowest BCUT2D eigenvalue weighted by atomic mass is 10.2. The summed E-state index contributed by atoms with van der Waals surface area (Å²) in [6.45, 7) is 3.55. The van der Waals surface area contributed by atoms with Crippen molar-refractivity contribution in [2.45, 2.75) is 19.5 Å². The minimum Gasteiger partial charge on any atom is -0.317 e. The molecule has 0 radical (unpaired) electrons. The monoisotopic (exact) mass is 270 g/mol. The lowest BCUT2D eigenvalue weighted by Crippen LogP contribution is -2.45. The van der Waals surface area contributed by atoms with Crippen LogP contribution >= 0.6 is 11.6 Å². The fraction of sp³-hybridized carbons (Fsp3) is 0.300. The van der Waals surface area contributed by atoms with E-state index < -0.39 is 10.6 Å². The number of hydrogen-bond acceptors (Lipinski definition) is 4. The van der Waals surface area contributed by atoms with Gasteiger partial charge in [0.05, 0.1) is 10.6 Å². The number of benzene rings is 1. The average molecular weight is 271 g/mol. The number of hydrogen-bond donors (Lipinski definition) is 2. The number of halogens is 1. The number of urea groups is 1. The van der Waals surface area contributed by atoms with E-state index in [4.69, 9.17) is 11.6 Å². The Bertz CT molecular complexity index is 532. The molecule has 0 bridgehead atoms. The molecule has 0 aliphatic carbocycles. The Balaban J connectivity index is 2.38. The van der Waals surface area contributed by atoms with Crippen molar-refractivity contribution in [3.05, 3.63) is 33.3 Å². The molecule has 18 heavy (non-hydrogen) atoms. The van der Waals surface area contributed by atoms with E-state index in [2.05, 4.69) is 10.7 Å². The van der Waals surface area contributed by atoms with Gasteiger partial charge >= 0.3 is 6.03 Å². The molecule has 7 nitrogen and oxygen atoms in total. The smallest absolute Gasteiger partial charge is 0.317 e. The number of carbonyl (C=O) groups is 1. The van der Waals surface area contributed by atoms with Crippen LogP contribution in [0.1, 0.15) is 13.8 Å². The molecule has 1 aromatic rings. The number of anilines is 1. The van der Waals surface area contributed by atoms with Crippen molar-refractivity contribution < 1.29 is 9.72 Å². The van der Waals surface area contributed by atoms with Gasteiger partial charge in [0.2, 0.25) is 0 Å². The van der Waals surface area contributed by atoms with Gasteiger partial charge in [0.15, 0.2) is 0 Å². The highest BCUT2D eigenvalue weighted by molar-refractivity contribution is 6.32. The van der Waals surface area contributed by atoms with E-state index in [0.29, 0.717) is 5.69 Å². The maximum absolute atomic E-state index is 11.7. The summed E-state index contributed by atoms with van der Waals surface area (Å²) in [5, 5.41) is 14.7. The minimum absolute atomic E-state index is 0.0302. The molecule has 2 rings (SSSR count). The number of nitro groups is 1. The lowest BCUT2D eigenvalue weighted by Gasteiger charge is -2.19. The maximum atomic E-state index is 11.7. The second-order valence-corrected chi connectivity index (χ2v) is 4.80. The predicted octanol–water partition coefficient (Wildman–Crippen LogP) is 2.02. The molecule has 1 saturated heterocycles. The van der Waals surface area contributed by atoms with Crippen LogP contribution in [-0.2, 0) is 0 Å². The Morgan fingerprint density at radius 2 is 2.11 bits per heavy atom. The summed E-state index contributed by atoms with van der Waals surface area (Å²) in [7, 11) is 0. The molecule has 96 valence electrons. The van der Waals surface area contributed by atoms with E-state index in [-0.39, 0.29) is 16.7 Å². The molecule has 1 aliphatic heterocycles. The molecule has 0 unspecified atom stereocenters. The van der Waals surface area contributed by atoms with Gasteiger partial charge in [-0.15, -0.1) is 0 Å². The van der Waals surface area contributed by atoms with Crippen molar-refractivity contribution in [1.82, 2.24) is 10.7 Å². The molecule has 1 aromatic carbocycles. The van der Waals surface area contributed by atoms with Crippen LogP contribution in [0.4, 0.5) is 16.2 Å². The third-order valence-electron chi connectivity index (χ3n) is 2.40. The molecule has 8 heteroatoms. The van der Waals surface area contributed by atoms with Crippen LogP contribution in [-0.4, -0.2) is 16.6 Å². The van der Waals surface area contributed by atoms with Crippen molar-refractivity contribution in [3.8, 4) is 0 Å². The van der Waals surface area contributed by atoms with Gasteiger partial charge in [-0.25, -0.2) is 15.2 Å². The number of amides is 2. The van der Waals surface area contributed by atoms with Gasteiger partial charge in [0.1, 0.15) is 10.7 Å². The van der Waals surface area contributed by atoms with Crippen LogP contribution in [0.15, 0.2) is 18.2 Å². The van der Waals surface area contributed by atoms with Gasteiger partial charge in [-0.05, 0) is 26.0 Å². The predicted molar refractivity (Wildman–Crippen MR) is 66.3 cm³/mol. The Labute approximate surface area is 108 Å². The zero-order valence-electron chi connectivity index (χ0n) is 9.73. The molecule has 1 aliphatic rings. The minimum atomic E-state index is -0.606. The SMILES string of the molecule is CC1(C)NC(=O)N(c2ccc(Cl)c([N+](=O)[O-])c2)N1. The molecular weight excluding hydrogens is 260 g/mol. The van der Waals surface area contributed by atoms with E-state index in [1.54, 1.807) is 13.8 Å². The summed E-state index contributed by atoms with van der Waals surface area (Å²) in [6, 6.07) is 3.78. The summed E-state index contributed by atoms with van der Waals surface area (Å²) in [5.74, 6) is 0. The highest BCUT2D eigenvalue weighted by atomic mass is 35.5. The molecule has 1 fully saturated rings. The third-order valence-corrected chi connectivity index (χ3v) is 2.72. The van der Waals surface area contributed by atoms with Crippen LogP contribution in [0.5, 0.6) is 0 Å². The summed E-state index contributed by atoms with van der Waals surface area (Å²) in [5.41, 5.74) is 2.40. The highest BCUT2D eigenvalue weighted by Gasteiger charge is 2.35. The summed E-state index contributed by atoms with van der Waals surface area (Å²) in [6.07, 6.45) is 0. The molecule has 0 aromatic heterocycles. The molecule has 0 spiro atoms. The quantitative estimate of drug-likeness (QED) is 0.636. The van der Waals surface area contributed by atoms with Crippen LogP contribution in [0.2, 0.25) is 5.02 Å². The zero-order chi connectivity index (χ0) is 13.5. The van der Waals surface area contributed by atoms with Crippen LogP contribution in [0.3, 0.4) is 0 Å². The average Bonchev–Trinajstić information content (AvgIpc) is 2.52. The summed E-state index contributed by atoms with van der Waals surface area (Å²) in [4.78, 5) is 21.9. The molecule has 1 heterocycles. The lowest BCUT2D eigenvalue weighted by molar-refractivity contribution is -0.384.